The molecule has 0 aromatic carbocycles. The molecule has 26 heavy (non-hydrogen) atoms. The summed E-state index contributed by atoms with van der Waals surface area (Å²) in [6.07, 6.45) is 1.48. The van der Waals surface area contributed by atoms with E-state index in [1.54, 1.807) is 0 Å². The minimum Gasteiger partial charge on any atom is -0.391 e. The van der Waals surface area contributed by atoms with Crippen molar-refractivity contribution in [1.82, 2.24) is 20.2 Å². The van der Waals surface area contributed by atoms with Gasteiger partial charge in [-0.15, -0.1) is 11.3 Å². The number of rotatable bonds is 4. The van der Waals surface area contributed by atoms with Crippen LogP contribution in [0, 0.1) is 11.8 Å². The van der Waals surface area contributed by atoms with Gasteiger partial charge in [-0.3, -0.25) is 14.5 Å². The molecule has 8 heteroatoms. The van der Waals surface area contributed by atoms with Crippen LogP contribution >= 0.6 is 11.3 Å². The first-order valence-electron chi connectivity index (χ1n) is 9.19. The predicted octanol–water partition coefficient (Wildman–Crippen LogP) is 1.08. The Hall–Kier alpha value is -1.77. The lowest BCUT2D eigenvalue weighted by Gasteiger charge is -2.35. The van der Waals surface area contributed by atoms with Gasteiger partial charge < -0.3 is 15.4 Å². The zero-order valence-corrected chi connectivity index (χ0v) is 15.6. The summed E-state index contributed by atoms with van der Waals surface area (Å²) in [7, 11) is 0. The number of aromatic nitrogens is 2. The Morgan fingerprint density at radius 2 is 2.19 bits per heavy atom. The van der Waals surface area contributed by atoms with Gasteiger partial charge in [0.25, 0.3) is 5.56 Å². The minimum absolute atomic E-state index is 0.00630. The maximum atomic E-state index is 12.1. The summed E-state index contributed by atoms with van der Waals surface area (Å²) in [5, 5.41) is 15.2. The van der Waals surface area contributed by atoms with E-state index in [1.807, 2.05) is 18.4 Å². The summed E-state index contributed by atoms with van der Waals surface area (Å²) in [4.78, 5) is 33.5. The van der Waals surface area contributed by atoms with Crippen molar-refractivity contribution in [3.05, 3.63) is 27.6 Å². The quantitative estimate of drug-likeness (QED) is 0.742. The Balaban J connectivity index is 1.43. The SMILES string of the molecule is CCC(=O)N[C@H]1C[C@H]2CN(Cc3nc4ccsc4c(=O)[nH]3)C[C@H]2C[C@@H]1O. The van der Waals surface area contributed by atoms with E-state index in [0.717, 1.165) is 25.0 Å². The fraction of sp³-hybridized carbons (Fsp3) is 0.611. The van der Waals surface area contributed by atoms with Gasteiger partial charge in [-0.05, 0) is 36.1 Å². The maximum Gasteiger partial charge on any atom is 0.268 e. The summed E-state index contributed by atoms with van der Waals surface area (Å²) in [6.45, 7) is 4.22. The molecule has 3 heterocycles. The lowest BCUT2D eigenvalue weighted by molar-refractivity contribution is -0.123. The van der Waals surface area contributed by atoms with Crippen molar-refractivity contribution in [3.8, 4) is 0 Å². The minimum atomic E-state index is -0.480. The number of hydrogen-bond acceptors (Lipinski definition) is 6. The van der Waals surface area contributed by atoms with Crippen molar-refractivity contribution < 1.29 is 9.90 Å². The number of hydrogen-bond donors (Lipinski definition) is 3. The van der Waals surface area contributed by atoms with Crippen LogP contribution in [0.25, 0.3) is 10.2 Å². The lowest BCUT2D eigenvalue weighted by Crippen LogP contribution is -2.49. The second kappa shape index (κ2) is 7.09. The monoisotopic (exact) mass is 376 g/mol. The van der Waals surface area contributed by atoms with Crippen molar-refractivity contribution in [3.63, 3.8) is 0 Å². The summed E-state index contributed by atoms with van der Waals surface area (Å²) < 4.78 is 0.668. The highest BCUT2D eigenvalue weighted by atomic mass is 32.1. The molecule has 2 aromatic heterocycles. The predicted molar refractivity (Wildman–Crippen MR) is 100.0 cm³/mol. The fourth-order valence-corrected chi connectivity index (χ4v) is 5.05. The van der Waals surface area contributed by atoms with Gasteiger partial charge in [0.1, 0.15) is 10.5 Å². The molecule has 1 aliphatic carbocycles. The standard InChI is InChI=1S/C18H24N4O3S/c1-2-16(24)20-13-5-10-7-22(8-11(10)6-14(13)23)9-15-19-12-3-4-26-17(12)18(25)21-15/h3-4,10-11,13-14,23H,2,5-9H2,1H3,(H,20,24)(H,19,21,25)/t10-,11+,13-,14-/m0/s1. The van der Waals surface area contributed by atoms with Gasteiger partial charge >= 0.3 is 0 Å². The molecule has 1 saturated carbocycles. The summed E-state index contributed by atoms with van der Waals surface area (Å²) >= 11 is 1.41. The number of aromatic amines is 1. The van der Waals surface area contributed by atoms with Crippen LogP contribution in [0.15, 0.2) is 16.2 Å². The number of nitrogens with zero attached hydrogens (tertiary/aromatic N) is 2. The van der Waals surface area contributed by atoms with Crippen molar-refractivity contribution in [1.29, 1.82) is 0 Å². The van der Waals surface area contributed by atoms with Crippen LogP contribution in [0.1, 0.15) is 32.0 Å². The highest BCUT2D eigenvalue weighted by Crippen LogP contribution is 2.37. The van der Waals surface area contributed by atoms with E-state index in [2.05, 4.69) is 20.2 Å². The molecule has 0 bridgehead atoms. The van der Waals surface area contributed by atoms with E-state index in [1.165, 1.54) is 11.3 Å². The van der Waals surface area contributed by atoms with Gasteiger partial charge in [0.05, 0.1) is 24.2 Å². The van der Waals surface area contributed by atoms with Crippen LogP contribution in [0.3, 0.4) is 0 Å². The molecular weight excluding hydrogens is 352 g/mol. The molecule has 2 aliphatic rings. The Morgan fingerprint density at radius 1 is 1.42 bits per heavy atom. The zero-order chi connectivity index (χ0) is 18.3. The number of nitrogens with one attached hydrogen (secondary N) is 2. The normalized spacial score (nSPS) is 29.0. The number of likely N-dealkylation sites (tertiary alicyclic amines) is 1. The van der Waals surface area contributed by atoms with E-state index < -0.39 is 6.10 Å². The number of aliphatic hydroxyl groups excluding tert-OH is 1. The molecule has 4 atom stereocenters. The number of carbonyl (C=O) groups excluding carboxylic acids is 1. The third-order valence-corrected chi connectivity index (χ3v) is 6.52. The molecule has 1 saturated heterocycles. The van der Waals surface area contributed by atoms with E-state index in [9.17, 15) is 14.7 Å². The van der Waals surface area contributed by atoms with E-state index in [4.69, 9.17) is 0 Å². The molecule has 0 unspecified atom stereocenters. The van der Waals surface area contributed by atoms with Crippen LogP contribution in [-0.4, -0.2) is 51.1 Å². The molecule has 3 N–H and O–H groups in total. The van der Waals surface area contributed by atoms with Crippen LogP contribution in [-0.2, 0) is 11.3 Å². The van der Waals surface area contributed by atoms with Crippen LogP contribution in [0.2, 0.25) is 0 Å². The number of fused-ring (bicyclic) bond motifs is 2. The van der Waals surface area contributed by atoms with Gasteiger partial charge in [-0.2, -0.15) is 0 Å². The highest BCUT2D eigenvalue weighted by Gasteiger charge is 2.42. The molecule has 1 amide bonds. The van der Waals surface area contributed by atoms with Gasteiger partial charge in [0.15, 0.2) is 0 Å². The second-order valence-corrected chi connectivity index (χ2v) is 8.34. The smallest absolute Gasteiger partial charge is 0.268 e. The lowest BCUT2D eigenvalue weighted by atomic mass is 9.77. The van der Waals surface area contributed by atoms with Crippen molar-refractivity contribution >= 4 is 27.5 Å². The molecule has 0 radical (unpaired) electrons. The third kappa shape index (κ3) is 3.41. The Morgan fingerprint density at radius 3 is 2.96 bits per heavy atom. The van der Waals surface area contributed by atoms with E-state index >= 15 is 0 Å². The maximum absolute atomic E-state index is 12.1. The molecule has 7 nitrogen and oxygen atoms in total. The molecule has 2 fully saturated rings. The largest absolute Gasteiger partial charge is 0.391 e. The first-order valence-corrected chi connectivity index (χ1v) is 10.1. The summed E-state index contributed by atoms with van der Waals surface area (Å²) in [5.74, 6) is 1.57. The van der Waals surface area contributed by atoms with Crippen LogP contribution in [0.4, 0.5) is 0 Å². The van der Waals surface area contributed by atoms with Gasteiger partial charge in [0.2, 0.25) is 5.91 Å². The van der Waals surface area contributed by atoms with Crippen LogP contribution in [0.5, 0.6) is 0 Å². The first kappa shape index (κ1) is 17.6. The van der Waals surface area contributed by atoms with Crippen LogP contribution < -0.4 is 10.9 Å². The van der Waals surface area contributed by atoms with E-state index in [-0.39, 0.29) is 17.5 Å². The average molecular weight is 376 g/mol. The topological polar surface area (TPSA) is 98.3 Å². The molecule has 4 rings (SSSR count). The first-order chi connectivity index (χ1) is 12.5. The number of H-pyrrole nitrogens is 1. The van der Waals surface area contributed by atoms with Gasteiger partial charge in [-0.25, -0.2) is 4.98 Å². The molecule has 140 valence electrons. The second-order valence-electron chi connectivity index (χ2n) is 7.43. The number of amides is 1. The third-order valence-electron chi connectivity index (χ3n) is 5.62. The number of aliphatic hydroxyl groups is 1. The fourth-order valence-electron chi connectivity index (χ4n) is 4.33. The van der Waals surface area contributed by atoms with Crippen molar-refractivity contribution in [2.24, 2.45) is 11.8 Å². The van der Waals surface area contributed by atoms with Gasteiger partial charge in [0, 0.05) is 19.5 Å². The Kier molecular flexibility index (Phi) is 4.81. The molecular formula is C18H24N4O3S. The summed E-state index contributed by atoms with van der Waals surface area (Å²) in [6, 6.07) is 1.73. The average Bonchev–Trinajstić information content (AvgIpc) is 3.21. The van der Waals surface area contributed by atoms with Crippen molar-refractivity contribution in [2.75, 3.05) is 13.1 Å². The molecule has 0 spiro atoms. The zero-order valence-electron chi connectivity index (χ0n) is 14.8. The molecule has 2 aromatic rings. The highest BCUT2D eigenvalue weighted by molar-refractivity contribution is 7.17. The van der Waals surface area contributed by atoms with Gasteiger partial charge in [-0.1, -0.05) is 6.92 Å². The van der Waals surface area contributed by atoms with Crippen molar-refractivity contribution in [2.45, 2.75) is 44.9 Å². The summed E-state index contributed by atoms with van der Waals surface area (Å²) in [5.41, 5.74) is 0.678. The Labute approximate surface area is 155 Å². The number of carbonyl (C=O) groups is 1. The molecule has 1 aliphatic heterocycles. The van der Waals surface area contributed by atoms with E-state index in [0.29, 0.717) is 41.7 Å². The Bertz CT molecular complexity index is 863. The number of thiophene rings is 1.